The fraction of sp³-hybridized carbons (Fsp3) is 0.545. The van der Waals surface area contributed by atoms with Crippen LogP contribution in [0.5, 0.6) is 11.5 Å². The molecule has 160 valence electrons. The highest BCUT2D eigenvalue weighted by Crippen LogP contribution is 2.32. The number of methoxy groups -OCH3 is 1. The minimum Gasteiger partial charge on any atom is -0.493 e. The normalized spacial score (nSPS) is 11.6. The van der Waals surface area contributed by atoms with Crippen LogP contribution < -0.4 is 14.8 Å². The van der Waals surface area contributed by atoms with Gasteiger partial charge < -0.3 is 19.7 Å². The smallest absolute Gasteiger partial charge is 0.267 e. The number of benzene rings is 1. The van der Waals surface area contributed by atoms with Crippen LogP contribution in [0.25, 0.3) is 0 Å². The van der Waals surface area contributed by atoms with Crippen LogP contribution in [0, 0.1) is 6.92 Å². The number of carbonyl (C=O) groups is 1. The third-order valence-electron chi connectivity index (χ3n) is 4.63. The summed E-state index contributed by atoms with van der Waals surface area (Å²) in [6, 6.07) is 5.43. The Balaban J connectivity index is 2.13. The lowest BCUT2D eigenvalue weighted by atomic mass is 9.98. The number of carbonyl (C=O) groups excluding carboxylic acids is 1. The van der Waals surface area contributed by atoms with E-state index in [9.17, 15) is 4.79 Å². The van der Waals surface area contributed by atoms with E-state index in [2.05, 4.69) is 49.8 Å². The van der Waals surface area contributed by atoms with Crippen molar-refractivity contribution in [2.75, 3.05) is 38.7 Å². The van der Waals surface area contributed by atoms with Gasteiger partial charge in [-0.2, -0.15) is 0 Å². The van der Waals surface area contributed by atoms with E-state index in [0.29, 0.717) is 28.7 Å². The van der Waals surface area contributed by atoms with Gasteiger partial charge in [0.1, 0.15) is 11.5 Å². The van der Waals surface area contributed by atoms with Gasteiger partial charge in [0.05, 0.1) is 17.8 Å². The average molecular weight is 420 g/mol. The topological polar surface area (TPSA) is 63.7 Å². The molecule has 0 radical (unpaired) electrons. The number of rotatable bonds is 9. The van der Waals surface area contributed by atoms with Crippen molar-refractivity contribution in [1.82, 2.24) is 9.88 Å². The highest BCUT2D eigenvalue weighted by Gasteiger charge is 2.23. The van der Waals surface area contributed by atoms with E-state index in [-0.39, 0.29) is 11.3 Å². The largest absolute Gasteiger partial charge is 0.493 e. The molecule has 0 spiro atoms. The minimum absolute atomic E-state index is 0.0834. The van der Waals surface area contributed by atoms with Gasteiger partial charge >= 0.3 is 0 Å². The van der Waals surface area contributed by atoms with E-state index in [1.54, 1.807) is 13.2 Å². The molecule has 6 nitrogen and oxygen atoms in total. The van der Waals surface area contributed by atoms with Crippen molar-refractivity contribution in [3.8, 4) is 11.5 Å². The number of hydrogen-bond acceptors (Lipinski definition) is 6. The monoisotopic (exact) mass is 419 g/mol. The molecule has 1 heterocycles. The maximum atomic E-state index is 12.8. The third kappa shape index (κ3) is 6.18. The number of amides is 1. The number of hydrogen-bond donors (Lipinski definition) is 1. The third-order valence-corrected chi connectivity index (χ3v) is 6.21. The number of anilines is 1. The summed E-state index contributed by atoms with van der Waals surface area (Å²) in [5, 5.41) is 3.92. The zero-order valence-corrected chi connectivity index (χ0v) is 19.4. The summed E-state index contributed by atoms with van der Waals surface area (Å²) in [6.07, 6.45) is 0. The van der Waals surface area contributed by atoms with Crippen molar-refractivity contribution in [3.05, 3.63) is 33.8 Å². The standard InChI is InChI=1S/C22H33N3O3S/c1-8-25(9-2)12-13-28-18-14-16(10-11-17(18)27-7)24-20(26)19-15(3)23-21(29-19)22(4,5)6/h10-11,14H,8-9,12-13H2,1-7H3,(H,24,26). The molecule has 0 atom stereocenters. The maximum absolute atomic E-state index is 12.8. The molecule has 0 saturated heterocycles. The first-order valence-corrected chi connectivity index (χ1v) is 10.8. The molecule has 1 N–H and O–H groups in total. The molecule has 0 saturated carbocycles. The fourth-order valence-corrected chi connectivity index (χ4v) is 3.83. The van der Waals surface area contributed by atoms with Crippen LogP contribution in [-0.4, -0.2) is 49.1 Å². The number of likely N-dealkylation sites (N-methyl/N-ethyl adjacent to an activating group) is 1. The van der Waals surface area contributed by atoms with Gasteiger partial charge in [0.2, 0.25) is 0 Å². The lowest BCUT2D eigenvalue weighted by Crippen LogP contribution is -2.28. The molecule has 1 aromatic carbocycles. The summed E-state index contributed by atoms with van der Waals surface area (Å²) in [5.74, 6) is 1.11. The molecule has 0 bridgehead atoms. The molecule has 7 heteroatoms. The first-order chi connectivity index (χ1) is 13.7. The summed E-state index contributed by atoms with van der Waals surface area (Å²) in [4.78, 5) is 20.3. The van der Waals surface area contributed by atoms with Crippen LogP contribution in [0.1, 0.15) is 55.0 Å². The predicted octanol–water partition coefficient (Wildman–Crippen LogP) is 4.73. The van der Waals surface area contributed by atoms with E-state index >= 15 is 0 Å². The zero-order valence-electron chi connectivity index (χ0n) is 18.6. The van der Waals surface area contributed by atoms with E-state index in [4.69, 9.17) is 9.47 Å². The second-order valence-electron chi connectivity index (χ2n) is 7.88. The van der Waals surface area contributed by atoms with Crippen molar-refractivity contribution in [3.63, 3.8) is 0 Å². The molecule has 0 aliphatic carbocycles. The molecule has 0 unspecified atom stereocenters. The number of nitrogens with zero attached hydrogens (tertiary/aromatic N) is 2. The molecule has 29 heavy (non-hydrogen) atoms. The fourth-order valence-electron chi connectivity index (χ4n) is 2.81. The van der Waals surface area contributed by atoms with Crippen LogP contribution in [0.2, 0.25) is 0 Å². The Kier molecular flexibility index (Phi) is 8.05. The number of ether oxygens (including phenoxy) is 2. The van der Waals surface area contributed by atoms with Gasteiger partial charge in [-0.15, -0.1) is 11.3 Å². The van der Waals surface area contributed by atoms with Gasteiger partial charge in [0.25, 0.3) is 5.91 Å². The molecule has 2 rings (SSSR count). The molecule has 2 aromatic rings. The molecular formula is C22H33N3O3S. The number of nitrogens with one attached hydrogen (secondary N) is 1. The van der Waals surface area contributed by atoms with Gasteiger partial charge in [0, 0.05) is 23.7 Å². The Bertz CT molecular complexity index is 823. The quantitative estimate of drug-likeness (QED) is 0.636. The molecular weight excluding hydrogens is 386 g/mol. The molecule has 0 fully saturated rings. The second kappa shape index (κ2) is 10.1. The van der Waals surface area contributed by atoms with Crippen molar-refractivity contribution >= 4 is 22.9 Å². The van der Waals surface area contributed by atoms with Gasteiger partial charge in [-0.1, -0.05) is 34.6 Å². The molecule has 1 amide bonds. The molecule has 0 aliphatic rings. The first-order valence-electron chi connectivity index (χ1n) is 10.0. The summed E-state index contributed by atoms with van der Waals surface area (Å²) >= 11 is 1.44. The number of thiazole rings is 1. The van der Waals surface area contributed by atoms with Crippen molar-refractivity contribution in [2.45, 2.75) is 47.0 Å². The highest BCUT2D eigenvalue weighted by atomic mass is 32.1. The summed E-state index contributed by atoms with van der Waals surface area (Å²) < 4.78 is 11.3. The Labute approximate surface area is 178 Å². The summed E-state index contributed by atoms with van der Waals surface area (Å²) in [6.45, 7) is 15.8. The van der Waals surface area contributed by atoms with Crippen molar-refractivity contribution in [2.24, 2.45) is 0 Å². The lowest BCUT2D eigenvalue weighted by Gasteiger charge is -2.19. The Morgan fingerprint density at radius 3 is 2.45 bits per heavy atom. The van der Waals surface area contributed by atoms with Gasteiger partial charge in [-0.3, -0.25) is 4.79 Å². The van der Waals surface area contributed by atoms with E-state index in [1.165, 1.54) is 11.3 Å². The van der Waals surface area contributed by atoms with Gasteiger partial charge in [-0.25, -0.2) is 4.98 Å². The lowest BCUT2D eigenvalue weighted by molar-refractivity contribution is 0.103. The van der Waals surface area contributed by atoms with Crippen LogP contribution in [0.3, 0.4) is 0 Å². The Morgan fingerprint density at radius 2 is 1.90 bits per heavy atom. The van der Waals surface area contributed by atoms with Crippen LogP contribution in [-0.2, 0) is 5.41 Å². The summed E-state index contributed by atoms with van der Waals surface area (Å²) in [7, 11) is 1.61. The van der Waals surface area contributed by atoms with Crippen molar-refractivity contribution < 1.29 is 14.3 Å². The molecule has 0 aliphatic heterocycles. The zero-order chi connectivity index (χ0) is 21.6. The van der Waals surface area contributed by atoms with Crippen molar-refractivity contribution in [1.29, 1.82) is 0 Å². The van der Waals surface area contributed by atoms with Gasteiger partial charge in [-0.05, 0) is 32.1 Å². The Morgan fingerprint density at radius 1 is 1.21 bits per heavy atom. The average Bonchev–Trinajstić information content (AvgIpc) is 3.08. The minimum atomic E-state index is -0.158. The number of aryl methyl sites for hydroxylation is 1. The maximum Gasteiger partial charge on any atom is 0.267 e. The van der Waals surface area contributed by atoms with E-state index in [0.717, 1.165) is 30.3 Å². The second-order valence-corrected chi connectivity index (χ2v) is 8.88. The molecule has 1 aromatic heterocycles. The van der Waals surface area contributed by atoms with Crippen LogP contribution in [0.15, 0.2) is 18.2 Å². The first kappa shape index (κ1) is 23.2. The summed E-state index contributed by atoms with van der Waals surface area (Å²) in [5.41, 5.74) is 1.33. The Hall–Kier alpha value is -2.12. The van der Waals surface area contributed by atoms with Crippen LogP contribution >= 0.6 is 11.3 Å². The number of aromatic nitrogens is 1. The SMILES string of the molecule is CCN(CC)CCOc1cc(NC(=O)c2sc(C(C)(C)C)nc2C)ccc1OC. The van der Waals surface area contributed by atoms with Gasteiger partial charge in [0.15, 0.2) is 11.5 Å². The van der Waals surface area contributed by atoms with E-state index < -0.39 is 0 Å². The predicted molar refractivity (Wildman–Crippen MR) is 120 cm³/mol. The van der Waals surface area contributed by atoms with E-state index in [1.807, 2.05) is 19.1 Å². The van der Waals surface area contributed by atoms with Crippen LogP contribution in [0.4, 0.5) is 5.69 Å². The highest BCUT2D eigenvalue weighted by molar-refractivity contribution is 7.14.